The van der Waals surface area contributed by atoms with Crippen molar-refractivity contribution in [2.45, 2.75) is 19.9 Å². The van der Waals surface area contributed by atoms with Gasteiger partial charge in [-0.1, -0.05) is 12.1 Å². The van der Waals surface area contributed by atoms with E-state index < -0.39 is 0 Å². The number of carbonyl (C=O) groups is 1. The molecule has 1 aliphatic rings. The van der Waals surface area contributed by atoms with Crippen molar-refractivity contribution in [1.29, 1.82) is 0 Å². The first-order valence-electron chi connectivity index (χ1n) is 10.4. The molecule has 7 heteroatoms. The van der Waals surface area contributed by atoms with Crippen molar-refractivity contribution in [2.75, 3.05) is 36.4 Å². The van der Waals surface area contributed by atoms with Gasteiger partial charge in [0, 0.05) is 56.1 Å². The van der Waals surface area contributed by atoms with Crippen molar-refractivity contribution in [1.82, 2.24) is 19.7 Å². The number of piperazine rings is 1. The molecular weight excluding hydrogens is 376 g/mol. The number of hydrogen-bond donors (Lipinski definition) is 1. The van der Waals surface area contributed by atoms with Crippen LogP contribution in [0.25, 0.3) is 11.4 Å². The summed E-state index contributed by atoms with van der Waals surface area (Å²) in [6.45, 7) is 8.64. The van der Waals surface area contributed by atoms with Crippen LogP contribution in [0.15, 0.2) is 54.9 Å². The fourth-order valence-electron chi connectivity index (χ4n) is 3.83. The molecule has 1 saturated heterocycles. The summed E-state index contributed by atoms with van der Waals surface area (Å²) in [5.41, 5.74) is 3.35. The second-order valence-corrected chi connectivity index (χ2v) is 7.93. The summed E-state index contributed by atoms with van der Waals surface area (Å²) in [5, 5.41) is 11.1. The molecule has 30 heavy (non-hydrogen) atoms. The third-order valence-electron chi connectivity index (χ3n) is 5.67. The Morgan fingerprint density at radius 1 is 1.00 bits per heavy atom. The number of anilines is 2. The second-order valence-electron chi connectivity index (χ2n) is 7.93. The Morgan fingerprint density at radius 2 is 1.70 bits per heavy atom. The Morgan fingerprint density at radius 3 is 2.33 bits per heavy atom. The molecule has 2 heterocycles. The van der Waals surface area contributed by atoms with E-state index in [9.17, 15) is 4.79 Å². The Kier molecular flexibility index (Phi) is 5.81. The van der Waals surface area contributed by atoms with Crippen LogP contribution in [0.5, 0.6) is 0 Å². The van der Waals surface area contributed by atoms with Crippen molar-refractivity contribution in [2.24, 2.45) is 7.05 Å². The Labute approximate surface area is 177 Å². The lowest BCUT2D eigenvalue weighted by Crippen LogP contribution is -2.48. The monoisotopic (exact) mass is 404 g/mol. The van der Waals surface area contributed by atoms with Crippen molar-refractivity contribution in [3.63, 3.8) is 0 Å². The van der Waals surface area contributed by atoms with Crippen LogP contribution in [0.4, 0.5) is 11.4 Å². The average Bonchev–Trinajstić information content (AvgIpc) is 3.20. The van der Waals surface area contributed by atoms with E-state index in [2.05, 4.69) is 39.2 Å². The van der Waals surface area contributed by atoms with Gasteiger partial charge in [0.2, 0.25) is 0 Å². The molecule has 1 N–H and O–H groups in total. The molecule has 1 amide bonds. The molecule has 156 valence electrons. The molecule has 0 bridgehead atoms. The molecule has 0 unspecified atom stereocenters. The van der Waals surface area contributed by atoms with Crippen LogP contribution >= 0.6 is 0 Å². The summed E-state index contributed by atoms with van der Waals surface area (Å²) in [6.07, 6.45) is 1.65. The van der Waals surface area contributed by atoms with E-state index in [0.717, 1.165) is 37.4 Å². The number of nitrogens with one attached hydrogen (secondary N) is 1. The van der Waals surface area contributed by atoms with Crippen molar-refractivity contribution < 1.29 is 4.79 Å². The zero-order valence-corrected chi connectivity index (χ0v) is 17.7. The number of carbonyl (C=O) groups excluding carboxylic acids is 1. The first-order valence-corrected chi connectivity index (χ1v) is 10.4. The van der Waals surface area contributed by atoms with Crippen LogP contribution in [-0.4, -0.2) is 57.8 Å². The maximum absolute atomic E-state index is 12.9. The highest BCUT2D eigenvalue weighted by molar-refractivity contribution is 6.06. The summed E-state index contributed by atoms with van der Waals surface area (Å²) in [7, 11) is 1.88. The van der Waals surface area contributed by atoms with E-state index in [0.29, 0.717) is 23.1 Å². The van der Waals surface area contributed by atoms with E-state index in [-0.39, 0.29) is 5.91 Å². The van der Waals surface area contributed by atoms with Gasteiger partial charge in [0.1, 0.15) is 6.33 Å². The number of hydrogen-bond acceptors (Lipinski definition) is 5. The summed E-state index contributed by atoms with van der Waals surface area (Å²) in [4.78, 5) is 17.7. The molecular formula is C23H28N6O. The van der Waals surface area contributed by atoms with E-state index in [1.807, 2.05) is 60.1 Å². The van der Waals surface area contributed by atoms with E-state index in [1.54, 1.807) is 6.33 Å². The zero-order valence-electron chi connectivity index (χ0n) is 17.7. The van der Waals surface area contributed by atoms with Crippen LogP contribution in [-0.2, 0) is 7.05 Å². The van der Waals surface area contributed by atoms with Crippen LogP contribution in [0.2, 0.25) is 0 Å². The van der Waals surface area contributed by atoms with Gasteiger partial charge in [-0.25, -0.2) is 0 Å². The van der Waals surface area contributed by atoms with Gasteiger partial charge in [-0.05, 0) is 50.2 Å². The number of para-hydroxylation sites is 1. The third-order valence-corrected chi connectivity index (χ3v) is 5.67. The molecule has 4 rings (SSSR count). The van der Waals surface area contributed by atoms with Gasteiger partial charge < -0.3 is 14.8 Å². The summed E-state index contributed by atoms with van der Waals surface area (Å²) in [5.74, 6) is 0.572. The Balaban J connectivity index is 1.45. The number of aryl methyl sites for hydroxylation is 1. The minimum absolute atomic E-state index is 0.138. The number of amides is 1. The number of aromatic nitrogens is 3. The van der Waals surface area contributed by atoms with Crippen molar-refractivity contribution >= 4 is 17.3 Å². The van der Waals surface area contributed by atoms with Gasteiger partial charge >= 0.3 is 0 Å². The lowest BCUT2D eigenvalue weighted by atomic mass is 10.1. The van der Waals surface area contributed by atoms with Gasteiger partial charge in [-0.15, -0.1) is 10.2 Å². The van der Waals surface area contributed by atoms with Gasteiger partial charge in [0.15, 0.2) is 5.82 Å². The summed E-state index contributed by atoms with van der Waals surface area (Å²) >= 11 is 0. The first-order chi connectivity index (χ1) is 14.5. The molecule has 3 aromatic rings. The predicted octanol–water partition coefficient (Wildman–Crippen LogP) is 3.26. The standard InChI is InChI=1S/C23H28N6O/c1-17(2)28-12-14-29(15-13-28)19-10-8-18(9-11-19)23(30)25-21-7-5-4-6-20(21)22-26-24-16-27(22)3/h4-11,16-17H,12-15H2,1-3H3,(H,25,30). The number of benzene rings is 2. The van der Waals surface area contributed by atoms with Crippen LogP contribution < -0.4 is 10.2 Å². The van der Waals surface area contributed by atoms with Gasteiger partial charge in [-0.2, -0.15) is 0 Å². The Bertz CT molecular complexity index is 1000. The summed E-state index contributed by atoms with van der Waals surface area (Å²) in [6, 6.07) is 16.1. The molecule has 2 aromatic carbocycles. The molecule has 0 saturated carbocycles. The first kappa shape index (κ1) is 20.1. The normalized spacial score (nSPS) is 14.9. The maximum Gasteiger partial charge on any atom is 0.255 e. The molecule has 0 atom stereocenters. The minimum atomic E-state index is -0.138. The lowest BCUT2D eigenvalue weighted by molar-refractivity contribution is 0.102. The van der Waals surface area contributed by atoms with Gasteiger partial charge in [-0.3, -0.25) is 9.69 Å². The largest absolute Gasteiger partial charge is 0.369 e. The van der Waals surface area contributed by atoms with E-state index >= 15 is 0 Å². The average molecular weight is 405 g/mol. The quantitative estimate of drug-likeness (QED) is 0.707. The number of rotatable bonds is 5. The lowest BCUT2D eigenvalue weighted by Gasteiger charge is -2.38. The van der Waals surface area contributed by atoms with Crippen LogP contribution in [0, 0.1) is 0 Å². The molecule has 0 radical (unpaired) electrons. The zero-order chi connectivity index (χ0) is 21.1. The topological polar surface area (TPSA) is 66.3 Å². The van der Waals surface area contributed by atoms with Gasteiger partial charge in [0.25, 0.3) is 5.91 Å². The molecule has 0 spiro atoms. The van der Waals surface area contributed by atoms with Crippen molar-refractivity contribution in [3.05, 3.63) is 60.4 Å². The smallest absolute Gasteiger partial charge is 0.255 e. The third kappa shape index (κ3) is 4.21. The van der Waals surface area contributed by atoms with Gasteiger partial charge in [0.05, 0.1) is 5.69 Å². The highest BCUT2D eigenvalue weighted by atomic mass is 16.1. The van der Waals surface area contributed by atoms with E-state index in [4.69, 9.17) is 0 Å². The highest BCUT2D eigenvalue weighted by Crippen LogP contribution is 2.26. The maximum atomic E-state index is 12.9. The number of nitrogens with zero attached hydrogens (tertiary/aromatic N) is 5. The minimum Gasteiger partial charge on any atom is -0.369 e. The molecule has 1 aliphatic heterocycles. The summed E-state index contributed by atoms with van der Waals surface area (Å²) < 4.78 is 1.83. The van der Waals surface area contributed by atoms with E-state index in [1.165, 1.54) is 0 Å². The molecule has 0 aliphatic carbocycles. The fourth-order valence-corrected chi connectivity index (χ4v) is 3.83. The molecule has 1 aromatic heterocycles. The molecule has 1 fully saturated rings. The highest BCUT2D eigenvalue weighted by Gasteiger charge is 2.19. The Hall–Kier alpha value is -3.19. The predicted molar refractivity (Wildman–Crippen MR) is 120 cm³/mol. The SMILES string of the molecule is CC(C)N1CCN(c2ccc(C(=O)Nc3ccccc3-c3nncn3C)cc2)CC1. The van der Waals surface area contributed by atoms with Crippen molar-refractivity contribution in [3.8, 4) is 11.4 Å². The van der Waals surface area contributed by atoms with Crippen LogP contribution in [0.1, 0.15) is 24.2 Å². The second kappa shape index (κ2) is 8.67. The fraction of sp³-hybridized carbons (Fsp3) is 0.348. The molecule has 7 nitrogen and oxygen atoms in total. The van der Waals surface area contributed by atoms with Crippen LogP contribution in [0.3, 0.4) is 0 Å².